The first kappa shape index (κ1) is 18.1. The zero-order valence-electron chi connectivity index (χ0n) is 15.1. The normalized spacial score (nSPS) is 11.8. The summed E-state index contributed by atoms with van der Waals surface area (Å²) in [6.07, 6.45) is 2.25. The minimum Gasteiger partial charge on any atom is -0.496 e. The maximum atomic E-state index is 12.2. The van der Waals surface area contributed by atoms with Crippen LogP contribution in [0.4, 0.5) is 0 Å². The molecule has 2 aromatic carbocycles. The van der Waals surface area contributed by atoms with E-state index >= 15 is 0 Å². The Kier molecular flexibility index (Phi) is 6.42. The number of aryl methyl sites for hydroxylation is 3. The van der Waals surface area contributed by atoms with Crippen LogP contribution >= 0.6 is 0 Å². The fourth-order valence-electron chi connectivity index (χ4n) is 2.79. The highest BCUT2D eigenvalue weighted by molar-refractivity contribution is 5.76. The van der Waals surface area contributed by atoms with Crippen molar-refractivity contribution >= 4 is 5.91 Å². The largest absolute Gasteiger partial charge is 0.496 e. The third-order valence-corrected chi connectivity index (χ3v) is 4.37. The first-order chi connectivity index (χ1) is 11.5. The van der Waals surface area contributed by atoms with Gasteiger partial charge in [0, 0.05) is 6.42 Å². The Morgan fingerprint density at radius 1 is 1.12 bits per heavy atom. The maximum absolute atomic E-state index is 12.2. The van der Waals surface area contributed by atoms with Gasteiger partial charge < -0.3 is 10.1 Å². The number of carbonyl (C=O) groups is 1. The van der Waals surface area contributed by atoms with Gasteiger partial charge in [0.15, 0.2) is 0 Å². The molecule has 0 saturated carbocycles. The lowest BCUT2D eigenvalue weighted by molar-refractivity contribution is -0.121. The van der Waals surface area contributed by atoms with E-state index in [4.69, 9.17) is 4.74 Å². The Balaban J connectivity index is 1.87. The smallest absolute Gasteiger partial charge is 0.220 e. The fourth-order valence-corrected chi connectivity index (χ4v) is 2.79. The number of ether oxygens (including phenoxy) is 1. The molecule has 0 radical (unpaired) electrons. The lowest BCUT2D eigenvalue weighted by atomic mass is 10.0. The van der Waals surface area contributed by atoms with Crippen molar-refractivity contribution in [1.82, 2.24) is 5.32 Å². The van der Waals surface area contributed by atoms with Crippen molar-refractivity contribution in [3.8, 4) is 5.75 Å². The van der Waals surface area contributed by atoms with E-state index in [-0.39, 0.29) is 11.9 Å². The molecule has 0 aliphatic rings. The van der Waals surface area contributed by atoms with E-state index in [0.717, 1.165) is 35.3 Å². The number of amides is 1. The highest BCUT2D eigenvalue weighted by Crippen LogP contribution is 2.19. The van der Waals surface area contributed by atoms with E-state index in [1.54, 1.807) is 7.11 Å². The summed E-state index contributed by atoms with van der Waals surface area (Å²) in [7, 11) is 1.67. The van der Waals surface area contributed by atoms with Crippen molar-refractivity contribution in [2.45, 2.75) is 46.1 Å². The molecule has 0 heterocycles. The molecule has 0 spiro atoms. The van der Waals surface area contributed by atoms with E-state index in [2.05, 4.69) is 42.6 Å². The van der Waals surface area contributed by atoms with Crippen LogP contribution in [0.3, 0.4) is 0 Å². The number of hydrogen-bond donors (Lipinski definition) is 1. The molecular formula is C21H27NO2. The number of carbonyl (C=O) groups excluding carboxylic acids is 1. The Hall–Kier alpha value is -2.29. The summed E-state index contributed by atoms with van der Waals surface area (Å²) in [6.45, 7) is 6.18. The van der Waals surface area contributed by atoms with Gasteiger partial charge in [0.2, 0.25) is 5.91 Å². The number of nitrogens with one attached hydrogen (secondary N) is 1. The topological polar surface area (TPSA) is 38.3 Å². The molecule has 0 fully saturated rings. The number of rotatable bonds is 7. The molecule has 24 heavy (non-hydrogen) atoms. The molecular weight excluding hydrogens is 298 g/mol. The molecule has 3 nitrogen and oxygen atoms in total. The van der Waals surface area contributed by atoms with Gasteiger partial charge in [-0.05, 0) is 55.0 Å². The van der Waals surface area contributed by atoms with Crippen molar-refractivity contribution in [3.63, 3.8) is 0 Å². The molecule has 0 saturated heterocycles. The second kappa shape index (κ2) is 8.53. The van der Waals surface area contributed by atoms with E-state index in [9.17, 15) is 4.79 Å². The predicted octanol–water partition coefficient (Wildman–Crippen LogP) is 4.38. The van der Waals surface area contributed by atoms with Crippen molar-refractivity contribution in [3.05, 3.63) is 64.7 Å². The molecule has 1 atom stereocenters. The zero-order valence-corrected chi connectivity index (χ0v) is 15.1. The first-order valence-electron chi connectivity index (χ1n) is 8.55. The molecule has 1 amide bonds. The Morgan fingerprint density at radius 2 is 1.79 bits per heavy atom. The number of hydrogen-bond acceptors (Lipinski definition) is 2. The van der Waals surface area contributed by atoms with Crippen LogP contribution in [0.15, 0.2) is 42.5 Å². The van der Waals surface area contributed by atoms with E-state index in [0.29, 0.717) is 6.42 Å². The Morgan fingerprint density at radius 3 is 2.38 bits per heavy atom. The maximum Gasteiger partial charge on any atom is 0.220 e. The van der Waals surface area contributed by atoms with E-state index < -0.39 is 0 Å². The van der Waals surface area contributed by atoms with E-state index in [1.807, 2.05) is 26.0 Å². The minimum atomic E-state index is 0.0287. The standard InChI is InChI=1S/C21H27NO2/c1-5-17-6-10-19(11-7-17)16(3)22-21(23)13-9-18-8-12-20(24-4)15(2)14-18/h6-8,10-12,14,16H,5,9,13H2,1-4H3,(H,22,23)/t16-/m1/s1. The molecule has 0 unspecified atom stereocenters. The summed E-state index contributed by atoms with van der Waals surface area (Å²) in [5.74, 6) is 0.961. The lowest BCUT2D eigenvalue weighted by Gasteiger charge is -2.15. The van der Waals surface area contributed by atoms with Crippen LogP contribution in [0.2, 0.25) is 0 Å². The molecule has 0 aliphatic heterocycles. The Labute approximate surface area is 145 Å². The molecule has 2 aromatic rings. The summed E-state index contributed by atoms with van der Waals surface area (Å²) in [5.41, 5.74) is 4.70. The minimum absolute atomic E-state index is 0.0287. The van der Waals surface area contributed by atoms with Crippen LogP contribution in [0.1, 0.15) is 48.6 Å². The van der Waals surface area contributed by atoms with Crippen molar-refractivity contribution in [2.75, 3.05) is 7.11 Å². The van der Waals surface area contributed by atoms with Gasteiger partial charge in [0.1, 0.15) is 5.75 Å². The van der Waals surface area contributed by atoms with Gasteiger partial charge in [0.05, 0.1) is 13.2 Å². The van der Waals surface area contributed by atoms with Crippen LogP contribution in [0.5, 0.6) is 5.75 Å². The van der Waals surface area contributed by atoms with Gasteiger partial charge in [-0.1, -0.05) is 43.3 Å². The summed E-state index contributed by atoms with van der Waals surface area (Å²) in [6, 6.07) is 14.5. The second-order valence-corrected chi connectivity index (χ2v) is 6.19. The van der Waals surface area contributed by atoms with Gasteiger partial charge in [-0.25, -0.2) is 0 Å². The van der Waals surface area contributed by atoms with Crippen LogP contribution in [0.25, 0.3) is 0 Å². The molecule has 3 heteroatoms. The van der Waals surface area contributed by atoms with Crippen LogP contribution < -0.4 is 10.1 Å². The van der Waals surface area contributed by atoms with Crippen LogP contribution in [-0.2, 0) is 17.6 Å². The average Bonchev–Trinajstić information content (AvgIpc) is 2.60. The lowest BCUT2D eigenvalue weighted by Crippen LogP contribution is -2.26. The highest BCUT2D eigenvalue weighted by Gasteiger charge is 2.10. The molecule has 0 aromatic heterocycles. The third-order valence-electron chi connectivity index (χ3n) is 4.37. The number of benzene rings is 2. The number of methoxy groups -OCH3 is 1. The first-order valence-corrected chi connectivity index (χ1v) is 8.55. The molecule has 128 valence electrons. The van der Waals surface area contributed by atoms with Crippen LogP contribution in [-0.4, -0.2) is 13.0 Å². The predicted molar refractivity (Wildman–Crippen MR) is 98.4 cm³/mol. The van der Waals surface area contributed by atoms with Gasteiger partial charge >= 0.3 is 0 Å². The summed E-state index contributed by atoms with van der Waals surface area (Å²) >= 11 is 0. The van der Waals surface area contributed by atoms with Gasteiger partial charge in [-0.15, -0.1) is 0 Å². The SMILES string of the molecule is CCc1ccc([C@@H](C)NC(=O)CCc2ccc(OC)c(C)c2)cc1. The van der Waals surface area contributed by atoms with Gasteiger partial charge in [-0.2, -0.15) is 0 Å². The highest BCUT2D eigenvalue weighted by atomic mass is 16.5. The van der Waals surface area contributed by atoms with Crippen molar-refractivity contribution in [2.24, 2.45) is 0 Å². The second-order valence-electron chi connectivity index (χ2n) is 6.19. The summed E-state index contributed by atoms with van der Waals surface area (Å²) in [5, 5.41) is 3.08. The third kappa shape index (κ3) is 4.85. The summed E-state index contributed by atoms with van der Waals surface area (Å²) < 4.78 is 5.26. The van der Waals surface area contributed by atoms with Crippen molar-refractivity contribution < 1.29 is 9.53 Å². The Bertz CT molecular complexity index is 677. The van der Waals surface area contributed by atoms with Gasteiger partial charge in [0.25, 0.3) is 0 Å². The zero-order chi connectivity index (χ0) is 17.5. The fraction of sp³-hybridized carbons (Fsp3) is 0.381. The molecule has 0 aliphatic carbocycles. The molecule has 1 N–H and O–H groups in total. The quantitative estimate of drug-likeness (QED) is 0.820. The molecule has 0 bridgehead atoms. The van der Waals surface area contributed by atoms with Gasteiger partial charge in [-0.3, -0.25) is 4.79 Å². The van der Waals surface area contributed by atoms with Crippen LogP contribution in [0, 0.1) is 6.92 Å². The average molecular weight is 325 g/mol. The van der Waals surface area contributed by atoms with Crippen molar-refractivity contribution in [1.29, 1.82) is 0 Å². The van der Waals surface area contributed by atoms with E-state index in [1.165, 1.54) is 5.56 Å². The molecule has 2 rings (SSSR count). The summed E-state index contributed by atoms with van der Waals surface area (Å²) in [4.78, 5) is 12.2. The monoisotopic (exact) mass is 325 g/mol.